The van der Waals surface area contributed by atoms with Gasteiger partial charge in [0.25, 0.3) is 0 Å². The number of aliphatic hydroxyl groups is 2. The molecule has 33 heavy (non-hydrogen) atoms. The first kappa shape index (κ1) is 25.4. The summed E-state index contributed by atoms with van der Waals surface area (Å²) in [6.45, 7) is -1.68. The summed E-state index contributed by atoms with van der Waals surface area (Å²) in [5, 5.41) is 35.0. The number of carboxylic acid groups (broad SMARTS) is 1. The Morgan fingerprint density at radius 1 is 0.818 bits per heavy atom. The van der Waals surface area contributed by atoms with E-state index in [4.69, 9.17) is 5.73 Å². The third kappa shape index (κ3) is 7.67. The van der Waals surface area contributed by atoms with E-state index < -0.39 is 61.1 Å². The van der Waals surface area contributed by atoms with Crippen LogP contribution < -0.4 is 21.7 Å². The number of carbonyl (C=O) groups is 4. The molecule has 0 saturated heterocycles. The Labute approximate surface area is 187 Å². The molecule has 3 amide bonds. The van der Waals surface area contributed by atoms with Crippen molar-refractivity contribution >= 4 is 23.7 Å². The molecule has 2 rings (SSSR count). The number of hydrogen-bond donors (Lipinski definition) is 9. The average molecular weight is 466 g/mol. The number of H-pyrrole nitrogens is 2. The van der Waals surface area contributed by atoms with Crippen molar-refractivity contribution in [2.75, 3.05) is 13.2 Å². The van der Waals surface area contributed by atoms with Crippen LogP contribution in [0.25, 0.3) is 0 Å². The second-order valence-corrected chi connectivity index (χ2v) is 7.06. The van der Waals surface area contributed by atoms with Crippen LogP contribution in [0.15, 0.2) is 25.0 Å². The van der Waals surface area contributed by atoms with Gasteiger partial charge in [0.15, 0.2) is 0 Å². The molecule has 0 spiro atoms. The van der Waals surface area contributed by atoms with Gasteiger partial charge in [-0.2, -0.15) is 0 Å². The Bertz CT molecular complexity index is 918. The summed E-state index contributed by atoms with van der Waals surface area (Å²) in [5.74, 6) is -4.03. The zero-order valence-corrected chi connectivity index (χ0v) is 17.4. The molecule has 0 fully saturated rings. The number of aromatic amines is 2. The number of carbonyl (C=O) groups excluding carboxylic acids is 3. The molecule has 2 aromatic heterocycles. The van der Waals surface area contributed by atoms with Gasteiger partial charge < -0.3 is 47.0 Å². The second kappa shape index (κ2) is 12.3. The van der Waals surface area contributed by atoms with Crippen molar-refractivity contribution in [3.05, 3.63) is 36.4 Å². The van der Waals surface area contributed by atoms with Crippen molar-refractivity contribution < 1.29 is 34.5 Å². The molecule has 4 atom stereocenters. The minimum Gasteiger partial charge on any atom is -0.480 e. The fraction of sp³-hybridized carbons (Fsp3) is 0.444. The van der Waals surface area contributed by atoms with Crippen LogP contribution in [-0.4, -0.2) is 96.3 Å². The van der Waals surface area contributed by atoms with Crippen LogP contribution in [0.1, 0.15) is 11.4 Å². The van der Waals surface area contributed by atoms with Gasteiger partial charge in [-0.3, -0.25) is 14.4 Å². The Kier molecular flexibility index (Phi) is 9.46. The van der Waals surface area contributed by atoms with Gasteiger partial charge in [-0.15, -0.1) is 0 Å². The maximum absolute atomic E-state index is 12.4. The standard InChI is InChI=1S/C18H26N8O7/c19-11(1-9-3-20-7-22-9)15(29)25-13(5-27)17(31)26-14(6-28)16(30)24-12(18(32)33)2-10-4-21-8-23-10/h3-4,7-8,11-14,27-28H,1-2,5-6,19H2,(H,20,22)(H,21,23)(H,24,30)(H,25,29)(H,26,31)(H,32,33). The molecule has 0 aromatic carbocycles. The van der Waals surface area contributed by atoms with Gasteiger partial charge in [-0.05, 0) is 0 Å². The lowest BCUT2D eigenvalue weighted by atomic mass is 10.1. The summed E-state index contributed by atoms with van der Waals surface area (Å²) < 4.78 is 0. The number of nitrogens with one attached hydrogen (secondary N) is 5. The number of nitrogens with zero attached hydrogens (tertiary/aromatic N) is 2. The topological polar surface area (TPSA) is 248 Å². The summed E-state index contributed by atoms with van der Waals surface area (Å²) >= 11 is 0. The van der Waals surface area contributed by atoms with E-state index in [-0.39, 0.29) is 12.8 Å². The highest BCUT2D eigenvalue weighted by Crippen LogP contribution is 2.01. The molecule has 4 unspecified atom stereocenters. The van der Waals surface area contributed by atoms with Crippen LogP contribution in [0.2, 0.25) is 0 Å². The monoisotopic (exact) mass is 466 g/mol. The third-order valence-corrected chi connectivity index (χ3v) is 4.56. The largest absolute Gasteiger partial charge is 0.480 e. The van der Waals surface area contributed by atoms with E-state index >= 15 is 0 Å². The van der Waals surface area contributed by atoms with Gasteiger partial charge in [0.1, 0.15) is 18.1 Å². The van der Waals surface area contributed by atoms with Gasteiger partial charge in [-0.1, -0.05) is 0 Å². The molecular formula is C18H26N8O7. The lowest BCUT2D eigenvalue weighted by Gasteiger charge is -2.23. The van der Waals surface area contributed by atoms with Crippen molar-refractivity contribution in [2.45, 2.75) is 37.0 Å². The van der Waals surface area contributed by atoms with Gasteiger partial charge in [-0.25, -0.2) is 14.8 Å². The van der Waals surface area contributed by atoms with Crippen molar-refractivity contribution in [3.63, 3.8) is 0 Å². The number of nitrogens with two attached hydrogens (primary N) is 1. The summed E-state index contributed by atoms with van der Waals surface area (Å²) in [6, 6.07) is -5.42. The van der Waals surface area contributed by atoms with E-state index in [9.17, 15) is 34.5 Å². The molecule has 2 heterocycles. The van der Waals surface area contributed by atoms with E-state index in [1.165, 1.54) is 25.0 Å². The predicted molar refractivity (Wildman–Crippen MR) is 110 cm³/mol. The average Bonchev–Trinajstić information content (AvgIpc) is 3.49. The number of imidazole rings is 2. The highest BCUT2D eigenvalue weighted by atomic mass is 16.4. The molecule has 0 radical (unpaired) electrons. The molecule has 0 aliphatic carbocycles. The second-order valence-electron chi connectivity index (χ2n) is 7.06. The first-order valence-electron chi connectivity index (χ1n) is 9.80. The maximum Gasteiger partial charge on any atom is 0.326 e. The number of amides is 3. The number of aliphatic hydroxyl groups excluding tert-OH is 2. The molecule has 0 aliphatic heterocycles. The lowest BCUT2D eigenvalue weighted by Crippen LogP contribution is -2.59. The number of aromatic nitrogens is 4. The van der Waals surface area contributed by atoms with E-state index in [1.807, 2.05) is 0 Å². The van der Waals surface area contributed by atoms with Gasteiger partial charge in [0, 0.05) is 36.6 Å². The van der Waals surface area contributed by atoms with Crippen LogP contribution in [0, 0.1) is 0 Å². The number of carboxylic acids is 1. The minimum absolute atomic E-state index is 0.0974. The fourth-order valence-corrected chi connectivity index (χ4v) is 2.75. The van der Waals surface area contributed by atoms with Crippen molar-refractivity contribution in [1.29, 1.82) is 0 Å². The minimum atomic E-state index is -1.54. The summed E-state index contributed by atoms with van der Waals surface area (Å²) in [6.07, 6.45) is 5.60. The highest BCUT2D eigenvalue weighted by Gasteiger charge is 2.30. The van der Waals surface area contributed by atoms with Crippen molar-refractivity contribution in [1.82, 2.24) is 35.9 Å². The summed E-state index contributed by atoms with van der Waals surface area (Å²) in [5.41, 5.74) is 6.82. The first-order chi connectivity index (χ1) is 15.7. The maximum atomic E-state index is 12.4. The van der Waals surface area contributed by atoms with Crippen LogP contribution in [0.5, 0.6) is 0 Å². The Balaban J connectivity index is 1.93. The first-order valence-corrected chi connectivity index (χ1v) is 9.80. The number of rotatable bonds is 13. The van der Waals surface area contributed by atoms with Gasteiger partial charge in [0.2, 0.25) is 17.7 Å². The van der Waals surface area contributed by atoms with Gasteiger partial charge >= 0.3 is 5.97 Å². The molecular weight excluding hydrogens is 440 g/mol. The molecule has 0 saturated carbocycles. The van der Waals surface area contributed by atoms with Crippen LogP contribution in [0.4, 0.5) is 0 Å². The molecule has 180 valence electrons. The number of hydrogen-bond acceptors (Lipinski definition) is 9. The molecule has 15 heteroatoms. The highest BCUT2D eigenvalue weighted by molar-refractivity contribution is 5.94. The van der Waals surface area contributed by atoms with E-state index in [2.05, 4.69) is 35.9 Å². The van der Waals surface area contributed by atoms with E-state index in [0.717, 1.165) is 0 Å². The summed E-state index contributed by atoms with van der Waals surface area (Å²) in [4.78, 5) is 61.6. The van der Waals surface area contributed by atoms with Gasteiger partial charge in [0.05, 0.1) is 31.9 Å². The number of aliphatic carboxylic acids is 1. The lowest BCUT2D eigenvalue weighted by molar-refractivity contribution is -0.142. The zero-order valence-electron chi connectivity index (χ0n) is 17.4. The SMILES string of the molecule is NC(Cc1cnc[nH]1)C(=O)NC(CO)C(=O)NC(CO)C(=O)NC(Cc1cnc[nH]1)C(=O)O. The quantitative estimate of drug-likeness (QED) is 0.137. The fourth-order valence-electron chi connectivity index (χ4n) is 2.75. The summed E-state index contributed by atoms with van der Waals surface area (Å²) in [7, 11) is 0. The third-order valence-electron chi connectivity index (χ3n) is 4.56. The Hall–Kier alpha value is -3.82. The zero-order chi connectivity index (χ0) is 24.4. The van der Waals surface area contributed by atoms with E-state index in [1.54, 1.807) is 0 Å². The molecule has 10 N–H and O–H groups in total. The molecule has 0 aliphatic rings. The van der Waals surface area contributed by atoms with E-state index in [0.29, 0.717) is 11.4 Å². The van der Waals surface area contributed by atoms with Crippen molar-refractivity contribution in [3.8, 4) is 0 Å². The Morgan fingerprint density at radius 2 is 1.27 bits per heavy atom. The van der Waals surface area contributed by atoms with Crippen molar-refractivity contribution in [2.24, 2.45) is 5.73 Å². The predicted octanol–water partition coefficient (Wildman–Crippen LogP) is -4.23. The molecule has 2 aromatic rings. The van der Waals surface area contributed by atoms with Crippen LogP contribution >= 0.6 is 0 Å². The molecule has 0 bridgehead atoms. The van der Waals surface area contributed by atoms with Crippen LogP contribution in [-0.2, 0) is 32.0 Å². The smallest absolute Gasteiger partial charge is 0.326 e. The Morgan fingerprint density at radius 3 is 1.70 bits per heavy atom. The normalized spacial score (nSPS) is 14.5. The van der Waals surface area contributed by atoms with Crippen LogP contribution in [0.3, 0.4) is 0 Å². The molecule has 15 nitrogen and oxygen atoms in total.